The lowest BCUT2D eigenvalue weighted by atomic mass is 10.1. The first-order valence-electron chi connectivity index (χ1n) is 8.43. The summed E-state index contributed by atoms with van der Waals surface area (Å²) in [7, 11) is 1.54. The van der Waals surface area contributed by atoms with Gasteiger partial charge in [-0.3, -0.25) is 9.69 Å². The van der Waals surface area contributed by atoms with Gasteiger partial charge in [-0.05, 0) is 48.4 Å². The first-order chi connectivity index (χ1) is 13.4. The summed E-state index contributed by atoms with van der Waals surface area (Å²) < 4.78 is 11.9. The molecule has 3 rings (SSSR count). The van der Waals surface area contributed by atoms with Crippen molar-refractivity contribution in [3.8, 4) is 11.5 Å². The van der Waals surface area contributed by atoms with Gasteiger partial charge < -0.3 is 9.47 Å². The molecular weight excluding hydrogens is 437 g/mol. The summed E-state index contributed by atoms with van der Waals surface area (Å²) in [4.78, 5) is 14.5. The van der Waals surface area contributed by atoms with Gasteiger partial charge in [0.15, 0.2) is 11.5 Å². The third kappa shape index (κ3) is 4.63. The van der Waals surface area contributed by atoms with E-state index in [0.717, 1.165) is 11.1 Å². The van der Waals surface area contributed by atoms with Crippen LogP contribution >= 0.6 is 47.2 Å². The first-order valence-corrected chi connectivity index (χ1v) is 10.4. The standard InChI is InChI=1S/C20H17Cl2NO3S2/c1-3-23-19(24)17(28-20(23)27)10-13-8-15(22)18(16(9-13)25-2)26-11-12-4-6-14(21)7-5-12/h4-10H,3,11H2,1-2H3/b17-10+. The number of rotatable bonds is 6. The van der Waals surface area contributed by atoms with Gasteiger partial charge in [0.1, 0.15) is 10.9 Å². The average molecular weight is 454 g/mol. The minimum Gasteiger partial charge on any atom is -0.493 e. The van der Waals surface area contributed by atoms with Gasteiger partial charge in [0.05, 0.1) is 17.0 Å². The topological polar surface area (TPSA) is 38.8 Å². The molecule has 0 aromatic heterocycles. The lowest BCUT2D eigenvalue weighted by molar-refractivity contribution is -0.121. The highest BCUT2D eigenvalue weighted by Gasteiger charge is 2.30. The number of thiocarbonyl (C=S) groups is 1. The molecule has 2 aromatic rings. The fraction of sp³-hybridized carbons (Fsp3) is 0.200. The van der Waals surface area contributed by atoms with Crippen molar-refractivity contribution >= 4 is 63.5 Å². The lowest BCUT2D eigenvalue weighted by Crippen LogP contribution is -2.27. The van der Waals surface area contributed by atoms with Crippen molar-refractivity contribution in [1.29, 1.82) is 0 Å². The minimum atomic E-state index is -0.101. The number of nitrogens with zero attached hydrogens (tertiary/aromatic N) is 1. The van der Waals surface area contributed by atoms with Crippen LogP contribution in [0.4, 0.5) is 0 Å². The van der Waals surface area contributed by atoms with Crippen molar-refractivity contribution in [1.82, 2.24) is 4.90 Å². The number of methoxy groups -OCH3 is 1. The van der Waals surface area contributed by atoms with Gasteiger partial charge in [-0.25, -0.2) is 0 Å². The smallest absolute Gasteiger partial charge is 0.266 e. The van der Waals surface area contributed by atoms with Gasteiger partial charge in [-0.15, -0.1) is 0 Å². The van der Waals surface area contributed by atoms with Crippen LogP contribution in [-0.4, -0.2) is 28.8 Å². The number of carbonyl (C=O) groups is 1. The van der Waals surface area contributed by atoms with E-state index in [2.05, 4.69) is 0 Å². The average Bonchev–Trinajstić information content (AvgIpc) is 2.94. The largest absolute Gasteiger partial charge is 0.493 e. The number of likely N-dealkylation sites (N-methyl/N-ethyl adjacent to an activating group) is 1. The zero-order valence-electron chi connectivity index (χ0n) is 15.2. The third-order valence-electron chi connectivity index (χ3n) is 4.04. The van der Waals surface area contributed by atoms with E-state index in [1.54, 1.807) is 42.4 Å². The molecule has 0 bridgehead atoms. The Morgan fingerprint density at radius 2 is 1.93 bits per heavy atom. The summed E-state index contributed by atoms with van der Waals surface area (Å²) in [6.45, 7) is 2.76. The predicted octanol–water partition coefficient (Wildman–Crippen LogP) is 5.80. The molecule has 0 unspecified atom stereocenters. The van der Waals surface area contributed by atoms with E-state index in [1.807, 2.05) is 19.1 Å². The van der Waals surface area contributed by atoms with E-state index in [-0.39, 0.29) is 5.91 Å². The van der Waals surface area contributed by atoms with Crippen LogP contribution in [0, 0.1) is 0 Å². The molecule has 4 nitrogen and oxygen atoms in total. The van der Waals surface area contributed by atoms with E-state index >= 15 is 0 Å². The molecule has 1 heterocycles. The van der Waals surface area contributed by atoms with Crippen LogP contribution in [0.15, 0.2) is 41.3 Å². The second-order valence-corrected chi connectivity index (χ2v) is 8.39. The van der Waals surface area contributed by atoms with E-state index in [1.165, 1.54) is 11.8 Å². The van der Waals surface area contributed by atoms with Crippen molar-refractivity contribution in [2.75, 3.05) is 13.7 Å². The summed E-state index contributed by atoms with van der Waals surface area (Å²) in [5.41, 5.74) is 1.69. The molecular formula is C20H17Cl2NO3S2. The summed E-state index contributed by atoms with van der Waals surface area (Å²) in [6.07, 6.45) is 1.76. The molecule has 0 aliphatic carbocycles. The summed E-state index contributed by atoms with van der Waals surface area (Å²) in [5, 5.41) is 1.06. The molecule has 1 saturated heterocycles. The lowest BCUT2D eigenvalue weighted by Gasteiger charge is -2.14. The van der Waals surface area contributed by atoms with E-state index < -0.39 is 0 Å². The number of hydrogen-bond acceptors (Lipinski definition) is 5. The molecule has 28 heavy (non-hydrogen) atoms. The Hall–Kier alpha value is -1.73. The first kappa shape index (κ1) is 21.0. The normalized spacial score (nSPS) is 15.4. The fourth-order valence-electron chi connectivity index (χ4n) is 2.62. The quantitative estimate of drug-likeness (QED) is 0.407. The van der Waals surface area contributed by atoms with Crippen LogP contribution in [0.2, 0.25) is 10.0 Å². The fourth-order valence-corrected chi connectivity index (χ4v) is 4.41. The van der Waals surface area contributed by atoms with Crippen molar-refractivity contribution in [2.45, 2.75) is 13.5 Å². The van der Waals surface area contributed by atoms with Crippen molar-refractivity contribution in [3.63, 3.8) is 0 Å². The number of benzene rings is 2. The van der Waals surface area contributed by atoms with Crippen LogP contribution < -0.4 is 9.47 Å². The number of amides is 1. The van der Waals surface area contributed by atoms with Gasteiger partial charge in [0, 0.05) is 11.6 Å². The molecule has 8 heteroatoms. The van der Waals surface area contributed by atoms with E-state index in [9.17, 15) is 4.79 Å². The minimum absolute atomic E-state index is 0.101. The van der Waals surface area contributed by atoms with Crippen LogP contribution in [0.3, 0.4) is 0 Å². The number of carbonyl (C=O) groups excluding carboxylic acids is 1. The molecule has 0 radical (unpaired) electrons. The van der Waals surface area contributed by atoms with Crippen molar-refractivity contribution < 1.29 is 14.3 Å². The van der Waals surface area contributed by atoms with Gasteiger partial charge in [-0.2, -0.15) is 0 Å². The van der Waals surface area contributed by atoms with Crippen molar-refractivity contribution in [3.05, 3.63) is 62.5 Å². The Labute approximate surface area is 183 Å². The molecule has 1 amide bonds. The third-order valence-corrected chi connectivity index (χ3v) is 5.95. The number of thioether (sulfide) groups is 1. The van der Waals surface area contributed by atoms with Crippen LogP contribution in [-0.2, 0) is 11.4 Å². The second-order valence-electron chi connectivity index (χ2n) is 5.88. The maximum atomic E-state index is 12.4. The second kappa shape index (κ2) is 9.18. The summed E-state index contributed by atoms with van der Waals surface area (Å²) in [5.74, 6) is 0.826. The van der Waals surface area contributed by atoms with Crippen LogP contribution in [0.1, 0.15) is 18.1 Å². The van der Waals surface area contributed by atoms with Gasteiger partial charge in [0.2, 0.25) is 0 Å². The molecule has 1 aliphatic rings. The van der Waals surface area contributed by atoms with E-state index in [4.69, 9.17) is 44.9 Å². The van der Waals surface area contributed by atoms with E-state index in [0.29, 0.717) is 43.9 Å². The summed E-state index contributed by atoms with van der Waals surface area (Å²) >= 11 is 18.8. The molecule has 0 saturated carbocycles. The zero-order chi connectivity index (χ0) is 20.3. The van der Waals surface area contributed by atoms with Gasteiger partial charge in [-0.1, -0.05) is 59.3 Å². The van der Waals surface area contributed by atoms with Crippen LogP contribution in [0.5, 0.6) is 11.5 Å². The Morgan fingerprint density at radius 1 is 1.21 bits per heavy atom. The highest BCUT2D eigenvalue weighted by atomic mass is 35.5. The predicted molar refractivity (Wildman–Crippen MR) is 119 cm³/mol. The molecule has 146 valence electrons. The molecule has 0 atom stereocenters. The maximum absolute atomic E-state index is 12.4. The Morgan fingerprint density at radius 3 is 2.54 bits per heavy atom. The Bertz CT molecular complexity index is 945. The molecule has 0 N–H and O–H groups in total. The monoisotopic (exact) mass is 453 g/mol. The van der Waals surface area contributed by atoms with Gasteiger partial charge >= 0.3 is 0 Å². The number of halogens is 2. The molecule has 1 aliphatic heterocycles. The summed E-state index contributed by atoms with van der Waals surface area (Å²) in [6, 6.07) is 10.9. The molecule has 2 aromatic carbocycles. The highest BCUT2D eigenvalue weighted by molar-refractivity contribution is 8.26. The Kier molecular flexibility index (Phi) is 6.88. The number of ether oxygens (including phenoxy) is 2. The SMILES string of the molecule is CCN1C(=O)/C(=C\c2cc(Cl)c(OCc3ccc(Cl)cc3)c(OC)c2)SC1=S. The van der Waals surface area contributed by atoms with Crippen molar-refractivity contribution in [2.24, 2.45) is 0 Å². The maximum Gasteiger partial charge on any atom is 0.266 e. The van der Waals surface area contributed by atoms with Gasteiger partial charge in [0.25, 0.3) is 5.91 Å². The zero-order valence-corrected chi connectivity index (χ0v) is 18.3. The Balaban J connectivity index is 1.83. The number of hydrogen-bond donors (Lipinski definition) is 0. The molecule has 0 spiro atoms. The molecule has 1 fully saturated rings. The highest BCUT2D eigenvalue weighted by Crippen LogP contribution is 2.39. The van der Waals surface area contributed by atoms with Crippen LogP contribution in [0.25, 0.3) is 6.08 Å².